The van der Waals surface area contributed by atoms with E-state index in [9.17, 15) is 9.59 Å². The summed E-state index contributed by atoms with van der Waals surface area (Å²) in [5.74, 6) is -1.21. The minimum absolute atomic E-state index is 0.0842. The molecule has 1 aromatic heterocycles. The molecule has 0 saturated heterocycles. The molecule has 1 heterocycles. The molecule has 0 atom stereocenters. The Hall–Kier alpha value is -1.91. The summed E-state index contributed by atoms with van der Waals surface area (Å²) in [6.07, 6.45) is 5.70. The van der Waals surface area contributed by atoms with Crippen molar-refractivity contribution in [3.8, 4) is 0 Å². The zero-order chi connectivity index (χ0) is 14.7. The van der Waals surface area contributed by atoms with E-state index in [0.717, 1.165) is 25.7 Å². The van der Waals surface area contributed by atoms with Crippen molar-refractivity contribution in [3.63, 3.8) is 0 Å². The molecule has 1 saturated carbocycles. The lowest BCUT2D eigenvalue weighted by atomic mass is 10.1. The summed E-state index contributed by atoms with van der Waals surface area (Å²) in [7, 11) is 0. The fourth-order valence-corrected chi connectivity index (χ4v) is 2.82. The molecule has 1 aromatic rings. The number of aromatic nitrogens is 1. The Morgan fingerprint density at radius 1 is 1.35 bits per heavy atom. The predicted molar refractivity (Wildman–Crippen MR) is 74.8 cm³/mol. The van der Waals surface area contributed by atoms with Gasteiger partial charge in [-0.1, -0.05) is 12.8 Å². The van der Waals surface area contributed by atoms with E-state index < -0.39 is 5.97 Å². The first-order valence-corrected chi connectivity index (χ1v) is 7.02. The highest BCUT2D eigenvalue weighted by Gasteiger charge is 2.30. The average Bonchev–Trinajstić information content (AvgIpc) is 2.92. The molecular weight excluding hydrogens is 256 g/mol. The largest absolute Gasteiger partial charge is 0.478 e. The number of carbonyl (C=O) groups excluding carboxylic acids is 1. The van der Waals surface area contributed by atoms with Crippen molar-refractivity contribution in [2.24, 2.45) is 0 Å². The van der Waals surface area contributed by atoms with Gasteiger partial charge in [0.05, 0.1) is 5.56 Å². The molecular formula is C15H20N2O3. The van der Waals surface area contributed by atoms with Gasteiger partial charge in [0.15, 0.2) is 0 Å². The van der Waals surface area contributed by atoms with Crippen LogP contribution in [0.25, 0.3) is 0 Å². The van der Waals surface area contributed by atoms with E-state index in [-0.39, 0.29) is 29.2 Å². The molecule has 108 valence electrons. The standard InChI is InChI=1S/C15H20N2O3/c1-10(2)17(12-5-3-4-6-12)14(18)13-9-11(15(19)20)7-8-16-13/h7-10,12H,3-6H2,1-2H3,(H,19,20). The molecule has 0 spiro atoms. The molecule has 1 aliphatic carbocycles. The van der Waals surface area contributed by atoms with Crippen molar-refractivity contribution < 1.29 is 14.7 Å². The van der Waals surface area contributed by atoms with E-state index >= 15 is 0 Å². The summed E-state index contributed by atoms with van der Waals surface area (Å²) >= 11 is 0. The van der Waals surface area contributed by atoms with Crippen LogP contribution in [0.15, 0.2) is 18.3 Å². The fraction of sp³-hybridized carbons (Fsp3) is 0.533. The quantitative estimate of drug-likeness (QED) is 0.917. The maximum absolute atomic E-state index is 12.6. The van der Waals surface area contributed by atoms with Crippen molar-refractivity contribution in [2.45, 2.75) is 51.6 Å². The number of nitrogens with zero attached hydrogens (tertiary/aromatic N) is 2. The third kappa shape index (κ3) is 2.98. The van der Waals surface area contributed by atoms with E-state index in [1.54, 1.807) is 0 Å². The number of rotatable bonds is 4. The van der Waals surface area contributed by atoms with Crippen molar-refractivity contribution >= 4 is 11.9 Å². The second-order valence-electron chi connectivity index (χ2n) is 5.48. The molecule has 1 amide bonds. The molecule has 0 unspecified atom stereocenters. The van der Waals surface area contributed by atoms with Gasteiger partial charge < -0.3 is 10.0 Å². The van der Waals surface area contributed by atoms with Gasteiger partial charge in [0.25, 0.3) is 5.91 Å². The Morgan fingerprint density at radius 3 is 2.55 bits per heavy atom. The maximum Gasteiger partial charge on any atom is 0.335 e. The van der Waals surface area contributed by atoms with Gasteiger partial charge in [0, 0.05) is 18.3 Å². The van der Waals surface area contributed by atoms with Crippen LogP contribution in [0, 0.1) is 0 Å². The summed E-state index contributed by atoms with van der Waals surface area (Å²) < 4.78 is 0. The molecule has 5 nitrogen and oxygen atoms in total. The molecule has 0 radical (unpaired) electrons. The van der Waals surface area contributed by atoms with Crippen LogP contribution in [-0.2, 0) is 0 Å². The zero-order valence-electron chi connectivity index (χ0n) is 11.9. The van der Waals surface area contributed by atoms with Crippen molar-refractivity contribution in [1.82, 2.24) is 9.88 Å². The molecule has 0 aliphatic heterocycles. The number of hydrogen-bond acceptors (Lipinski definition) is 3. The lowest BCUT2D eigenvalue weighted by Crippen LogP contribution is -2.44. The number of carboxylic acid groups (broad SMARTS) is 1. The lowest BCUT2D eigenvalue weighted by Gasteiger charge is -2.32. The first-order chi connectivity index (χ1) is 9.50. The minimum Gasteiger partial charge on any atom is -0.478 e. The summed E-state index contributed by atoms with van der Waals surface area (Å²) in [6.45, 7) is 3.97. The first kappa shape index (κ1) is 14.5. The normalized spacial score (nSPS) is 15.6. The van der Waals surface area contributed by atoms with E-state index in [0.29, 0.717) is 0 Å². The number of pyridine rings is 1. The highest BCUT2D eigenvalue weighted by Crippen LogP contribution is 2.26. The Kier molecular flexibility index (Phi) is 4.37. The Labute approximate surface area is 118 Å². The molecule has 20 heavy (non-hydrogen) atoms. The lowest BCUT2D eigenvalue weighted by molar-refractivity contribution is 0.0607. The van der Waals surface area contributed by atoms with Crippen LogP contribution < -0.4 is 0 Å². The topological polar surface area (TPSA) is 70.5 Å². The van der Waals surface area contributed by atoms with Gasteiger partial charge in [-0.3, -0.25) is 9.78 Å². The number of carboxylic acids is 1. The van der Waals surface area contributed by atoms with Crippen LogP contribution in [0.4, 0.5) is 0 Å². The molecule has 1 aliphatic rings. The van der Waals surface area contributed by atoms with Crippen molar-refractivity contribution in [1.29, 1.82) is 0 Å². The van der Waals surface area contributed by atoms with Gasteiger partial charge in [-0.05, 0) is 38.8 Å². The predicted octanol–water partition coefficient (Wildman–Crippen LogP) is 2.57. The molecule has 5 heteroatoms. The van der Waals surface area contributed by atoms with E-state index in [2.05, 4.69) is 4.98 Å². The number of carbonyl (C=O) groups is 2. The van der Waals surface area contributed by atoms with Gasteiger partial charge in [0.1, 0.15) is 5.69 Å². The molecule has 0 aromatic carbocycles. The number of hydrogen-bond donors (Lipinski definition) is 1. The monoisotopic (exact) mass is 276 g/mol. The minimum atomic E-state index is -1.04. The van der Waals surface area contributed by atoms with Crippen LogP contribution in [-0.4, -0.2) is 39.0 Å². The third-order valence-electron chi connectivity index (χ3n) is 3.73. The smallest absolute Gasteiger partial charge is 0.335 e. The Balaban J connectivity index is 2.27. The summed E-state index contributed by atoms with van der Waals surface area (Å²) in [5, 5.41) is 9.00. The van der Waals surface area contributed by atoms with E-state index in [1.165, 1.54) is 18.3 Å². The van der Waals surface area contributed by atoms with Crippen LogP contribution in [0.3, 0.4) is 0 Å². The number of amides is 1. The molecule has 0 bridgehead atoms. The van der Waals surface area contributed by atoms with Gasteiger partial charge in [-0.2, -0.15) is 0 Å². The van der Waals surface area contributed by atoms with Gasteiger partial charge in [-0.15, -0.1) is 0 Å². The maximum atomic E-state index is 12.6. The fourth-order valence-electron chi connectivity index (χ4n) is 2.82. The molecule has 1 N–H and O–H groups in total. The second kappa shape index (κ2) is 6.03. The number of aromatic carboxylic acids is 1. The van der Waals surface area contributed by atoms with Crippen LogP contribution in [0.2, 0.25) is 0 Å². The SMILES string of the molecule is CC(C)N(C(=O)c1cc(C(=O)O)ccn1)C1CCCC1. The zero-order valence-corrected chi connectivity index (χ0v) is 11.9. The summed E-state index contributed by atoms with van der Waals surface area (Å²) in [5.41, 5.74) is 0.309. The molecule has 1 fully saturated rings. The Morgan fingerprint density at radius 2 is 2.00 bits per heavy atom. The van der Waals surface area contributed by atoms with Crippen molar-refractivity contribution in [3.05, 3.63) is 29.6 Å². The summed E-state index contributed by atoms with van der Waals surface area (Å²) in [6, 6.07) is 3.09. The van der Waals surface area contributed by atoms with Gasteiger partial charge >= 0.3 is 5.97 Å². The van der Waals surface area contributed by atoms with Crippen LogP contribution in [0.5, 0.6) is 0 Å². The third-order valence-corrected chi connectivity index (χ3v) is 3.73. The Bertz CT molecular complexity index is 508. The van der Waals surface area contributed by atoms with Crippen LogP contribution in [0.1, 0.15) is 60.4 Å². The summed E-state index contributed by atoms with van der Waals surface area (Å²) in [4.78, 5) is 29.5. The average molecular weight is 276 g/mol. The second-order valence-corrected chi connectivity index (χ2v) is 5.48. The van der Waals surface area contributed by atoms with Gasteiger partial charge in [-0.25, -0.2) is 4.79 Å². The van der Waals surface area contributed by atoms with Crippen LogP contribution >= 0.6 is 0 Å². The highest BCUT2D eigenvalue weighted by molar-refractivity contribution is 5.96. The highest BCUT2D eigenvalue weighted by atomic mass is 16.4. The molecule has 2 rings (SSSR count). The van der Waals surface area contributed by atoms with E-state index in [1.807, 2.05) is 18.7 Å². The van der Waals surface area contributed by atoms with E-state index in [4.69, 9.17) is 5.11 Å². The van der Waals surface area contributed by atoms with Gasteiger partial charge in [0.2, 0.25) is 0 Å². The van der Waals surface area contributed by atoms with Crippen molar-refractivity contribution in [2.75, 3.05) is 0 Å². The first-order valence-electron chi connectivity index (χ1n) is 7.02.